The minimum absolute atomic E-state index is 0.144. The van der Waals surface area contributed by atoms with Gasteiger partial charge in [0.1, 0.15) is 11.6 Å². The molecule has 16 heavy (non-hydrogen) atoms. The van der Waals surface area contributed by atoms with E-state index in [0.29, 0.717) is 25.7 Å². The fourth-order valence-electron chi connectivity index (χ4n) is 2.36. The summed E-state index contributed by atoms with van der Waals surface area (Å²) in [6.45, 7) is 1.55. The molecule has 1 fully saturated rings. The Bertz CT molecular complexity index is 248. The highest BCUT2D eigenvalue weighted by molar-refractivity contribution is 5.80. The van der Waals surface area contributed by atoms with Crippen LogP contribution in [0.15, 0.2) is 0 Å². The molecule has 0 unspecified atom stereocenters. The minimum atomic E-state index is -0.287. The van der Waals surface area contributed by atoms with E-state index in [1.807, 2.05) is 0 Å². The van der Waals surface area contributed by atoms with E-state index in [0.717, 1.165) is 25.7 Å². The SMILES string of the molecule is CC(=O)CCCC(=O)C[C@H]1CCCC[C@@H]1O. The predicted molar refractivity (Wildman–Crippen MR) is 62.1 cm³/mol. The Hall–Kier alpha value is -0.700. The normalized spacial score (nSPS) is 25.4. The average Bonchev–Trinajstić information content (AvgIpc) is 2.21. The molecule has 2 atom stereocenters. The largest absolute Gasteiger partial charge is 0.393 e. The molecule has 0 heterocycles. The Kier molecular flexibility index (Phi) is 5.67. The van der Waals surface area contributed by atoms with E-state index in [1.54, 1.807) is 6.92 Å². The van der Waals surface area contributed by atoms with Gasteiger partial charge >= 0.3 is 0 Å². The summed E-state index contributed by atoms with van der Waals surface area (Å²) < 4.78 is 0. The van der Waals surface area contributed by atoms with Gasteiger partial charge in [0.15, 0.2) is 0 Å². The molecule has 1 aliphatic carbocycles. The smallest absolute Gasteiger partial charge is 0.133 e. The lowest BCUT2D eigenvalue weighted by atomic mass is 9.83. The van der Waals surface area contributed by atoms with Crippen molar-refractivity contribution in [1.82, 2.24) is 0 Å². The summed E-state index contributed by atoms with van der Waals surface area (Å²) in [5.41, 5.74) is 0. The van der Waals surface area contributed by atoms with Crippen LogP contribution in [0.3, 0.4) is 0 Å². The highest BCUT2D eigenvalue weighted by atomic mass is 16.3. The van der Waals surface area contributed by atoms with Gasteiger partial charge in [-0.2, -0.15) is 0 Å². The zero-order valence-corrected chi connectivity index (χ0v) is 10.1. The lowest BCUT2D eigenvalue weighted by Gasteiger charge is -2.26. The van der Waals surface area contributed by atoms with Gasteiger partial charge in [-0.25, -0.2) is 0 Å². The zero-order chi connectivity index (χ0) is 12.0. The van der Waals surface area contributed by atoms with Crippen molar-refractivity contribution in [3.8, 4) is 0 Å². The average molecular weight is 226 g/mol. The van der Waals surface area contributed by atoms with Crippen molar-refractivity contribution in [3.05, 3.63) is 0 Å². The third-order valence-corrected chi connectivity index (χ3v) is 3.34. The Morgan fingerprint density at radius 2 is 1.88 bits per heavy atom. The van der Waals surface area contributed by atoms with E-state index in [2.05, 4.69) is 0 Å². The summed E-state index contributed by atoms with van der Waals surface area (Å²) in [4.78, 5) is 22.3. The number of Topliss-reactive ketones (excluding diaryl/α,β-unsaturated/α-hetero) is 2. The number of rotatable bonds is 6. The third-order valence-electron chi connectivity index (χ3n) is 3.34. The summed E-state index contributed by atoms with van der Waals surface area (Å²) in [6, 6.07) is 0. The molecule has 1 aliphatic rings. The summed E-state index contributed by atoms with van der Waals surface area (Å²) in [5, 5.41) is 9.73. The first-order valence-electron chi connectivity index (χ1n) is 6.29. The number of aliphatic hydroxyl groups is 1. The maximum absolute atomic E-state index is 11.6. The van der Waals surface area contributed by atoms with Crippen LogP contribution in [0.5, 0.6) is 0 Å². The molecule has 0 bridgehead atoms. The Labute approximate surface area is 97.2 Å². The summed E-state index contributed by atoms with van der Waals surface area (Å²) in [6.07, 6.45) is 5.88. The van der Waals surface area contributed by atoms with Crippen LogP contribution in [0.2, 0.25) is 0 Å². The van der Waals surface area contributed by atoms with E-state index < -0.39 is 0 Å². The summed E-state index contributed by atoms with van der Waals surface area (Å²) in [5.74, 6) is 0.510. The van der Waals surface area contributed by atoms with Crippen LogP contribution in [-0.4, -0.2) is 22.8 Å². The second-order valence-electron chi connectivity index (χ2n) is 4.91. The first-order chi connectivity index (χ1) is 7.59. The summed E-state index contributed by atoms with van der Waals surface area (Å²) >= 11 is 0. The Morgan fingerprint density at radius 1 is 1.19 bits per heavy atom. The van der Waals surface area contributed by atoms with Crippen LogP contribution in [0.4, 0.5) is 0 Å². The second kappa shape index (κ2) is 6.79. The first-order valence-corrected chi connectivity index (χ1v) is 6.29. The quantitative estimate of drug-likeness (QED) is 0.755. The molecule has 0 aromatic rings. The van der Waals surface area contributed by atoms with Crippen LogP contribution in [0, 0.1) is 5.92 Å². The zero-order valence-electron chi connectivity index (χ0n) is 10.1. The van der Waals surface area contributed by atoms with Crippen LogP contribution in [0.1, 0.15) is 58.3 Å². The van der Waals surface area contributed by atoms with Gasteiger partial charge in [-0.15, -0.1) is 0 Å². The molecule has 0 aliphatic heterocycles. The van der Waals surface area contributed by atoms with Crippen molar-refractivity contribution < 1.29 is 14.7 Å². The van der Waals surface area contributed by atoms with Gasteiger partial charge in [0.05, 0.1) is 6.10 Å². The molecule has 0 aromatic heterocycles. The number of hydrogen-bond donors (Lipinski definition) is 1. The number of carbonyl (C=O) groups excluding carboxylic acids is 2. The molecule has 1 rings (SSSR count). The lowest BCUT2D eigenvalue weighted by Crippen LogP contribution is -2.26. The van der Waals surface area contributed by atoms with Crippen molar-refractivity contribution in [2.24, 2.45) is 5.92 Å². The number of ketones is 2. The fraction of sp³-hybridized carbons (Fsp3) is 0.846. The van der Waals surface area contributed by atoms with Gasteiger partial charge in [-0.05, 0) is 32.1 Å². The maximum Gasteiger partial charge on any atom is 0.133 e. The number of hydrogen-bond acceptors (Lipinski definition) is 3. The van der Waals surface area contributed by atoms with Gasteiger partial charge in [-0.1, -0.05) is 12.8 Å². The standard InChI is InChI=1S/C13H22O3/c1-10(14)5-4-7-12(15)9-11-6-2-3-8-13(11)16/h11,13,16H,2-9H2,1H3/t11-,13+/m1/s1. The molecule has 0 spiro atoms. The molecule has 92 valence electrons. The van der Waals surface area contributed by atoms with Crippen molar-refractivity contribution in [2.75, 3.05) is 0 Å². The van der Waals surface area contributed by atoms with Crippen LogP contribution < -0.4 is 0 Å². The van der Waals surface area contributed by atoms with Gasteiger partial charge in [-0.3, -0.25) is 4.79 Å². The van der Waals surface area contributed by atoms with E-state index in [-0.39, 0.29) is 23.6 Å². The van der Waals surface area contributed by atoms with E-state index in [1.165, 1.54) is 0 Å². The maximum atomic E-state index is 11.6. The van der Waals surface area contributed by atoms with E-state index >= 15 is 0 Å². The monoisotopic (exact) mass is 226 g/mol. The van der Waals surface area contributed by atoms with Gasteiger partial charge in [0, 0.05) is 19.3 Å². The van der Waals surface area contributed by atoms with Crippen LogP contribution >= 0.6 is 0 Å². The van der Waals surface area contributed by atoms with Crippen LogP contribution in [-0.2, 0) is 9.59 Å². The van der Waals surface area contributed by atoms with Gasteiger partial charge in [0.2, 0.25) is 0 Å². The molecule has 1 saturated carbocycles. The topological polar surface area (TPSA) is 54.4 Å². The Balaban J connectivity index is 2.19. The molecule has 0 aromatic carbocycles. The van der Waals surface area contributed by atoms with Gasteiger partial charge < -0.3 is 9.90 Å². The molecule has 0 amide bonds. The van der Waals surface area contributed by atoms with E-state index in [4.69, 9.17) is 0 Å². The second-order valence-corrected chi connectivity index (χ2v) is 4.91. The van der Waals surface area contributed by atoms with Crippen molar-refractivity contribution in [3.63, 3.8) is 0 Å². The van der Waals surface area contributed by atoms with E-state index in [9.17, 15) is 14.7 Å². The molecule has 1 N–H and O–H groups in total. The van der Waals surface area contributed by atoms with Crippen molar-refractivity contribution >= 4 is 11.6 Å². The molecule has 3 heteroatoms. The summed E-state index contributed by atoms with van der Waals surface area (Å²) in [7, 11) is 0. The molecule has 3 nitrogen and oxygen atoms in total. The molecular weight excluding hydrogens is 204 g/mol. The van der Waals surface area contributed by atoms with Gasteiger partial charge in [0.25, 0.3) is 0 Å². The lowest BCUT2D eigenvalue weighted by molar-refractivity contribution is -0.121. The van der Waals surface area contributed by atoms with Crippen LogP contribution in [0.25, 0.3) is 0 Å². The molecular formula is C13H22O3. The van der Waals surface area contributed by atoms with Crippen molar-refractivity contribution in [2.45, 2.75) is 64.4 Å². The first kappa shape index (κ1) is 13.4. The highest BCUT2D eigenvalue weighted by Crippen LogP contribution is 2.27. The third kappa shape index (κ3) is 4.88. The number of carbonyl (C=O) groups is 2. The Morgan fingerprint density at radius 3 is 2.50 bits per heavy atom. The molecule has 0 radical (unpaired) electrons. The number of aliphatic hydroxyl groups excluding tert-OH is 1. The fourth-order valence-corrected chi connectivity index (χ4v) is 2.36. The highest BCUT2D eigenvalue weighted by Gasteiger charge is 2.24. The predicted octanol–water partition coefficient (Wildman–Crippen LogP) is 2.26. The van der Waals surface area contributed by atoms with Crippen molar-refractivity contribution in [1.29, 1.82) is 0 Å². The minimum Gasteiger partial charge on any atom is -0.393 e. The molecule has 0 saturated heterocycles.